The Morgan fingerprint density at radius 3 is 2.76 bits per heavy atom. The van der Waals surface area contributed by atoms with Gasteiger partial charge in [0.25, 0.3) is 0 Å². The van der Waals surface area contributed by atoms with Crippen molar-refractivity contribution in [1.82, 2.24) is 5.01 Å². The molecule has 0 radical (unpaired) electrons. The van der Waals surface area contributed by atoms with Crippen molar-refractivity contribution in [1.29, 1.82) is 0 Å². The molecule has 0 unspecified atom stereocenters. The molecule has 2 heterocycles. The van der Waals surface area contributed by atoms with Crippen LogP contribution < -0.4 is 0 Å². The van der Waals surface area contributed by atoms with Crippen molar-refractivity contribution in [2.75, 3.05) is 19.8 Å². The minimum absolute atomic E-state index is 0.0802. The summed E-state index contributed by atoms with van der Waals surface area (Å²) in [6, 6.07) is 0. The molecule has 6 heteroatoms. The highest BCUT2D eigenvalue weighted by Crippen LogP contribution is 2.19. The molecule has 2 rings (SSSR count). The van der Waals surface area contributed by atoms with Gasteiger partial charge in [0.2, 0.25) is 5.91 Å². The molecular weight excluding hydrogens is 224 g/mol. The molecule has 1 saturated heterocycles. The van der Waals surface area contributed by atoms with E-state index in [2.05, 4.69) is 5.10 Å². The lowest BCUT2D eigenvalue weighted by atomic mass is 10.00. The average Bonchev–Trinajstić information content (AvgIpc) is 2.33. The number of ether oxygens (including phenoxy) is 1. The van der Waals surface area contributed by atoms with Crippen LogP contribution in [0.1, 0.15) is 25.7 Å². The minimum atomic E-state index is -1.03. The predicted octanol–water partition coefficient (Wildman–Crippen LogP) is 0.476. The summed E-state index contributed by atoms with van der Waals surface area (Å²) in [5.74, 6) is -0.749. The maximum atomic E-state index is 11.6. The highest BCUT2D eigenvalue weighted by Gasteiger charge is 2.26. The van der Waals surface area contributed by atoms with Gasteiger partial charge in [-0.15, -0.1) is 0 Å². The van der Waals surface area contributed by atoms with E-state index in [0.717, 1.165) is 12.8 Å². The van der Waals surface area contributed by atoms with Crippen LogP contribution in [0.15, 0.2) is 5.10 Å². The molecule has 6 nitrogen and oxygen atoms in total. The maximum absolute atomic E-state index is 11.6. The van der Waals surface area contributed by atoms with E-state index < -0.39 is 5.97 Å². The van der Waals surface area contributed by atoms with E-state index in [1.54, 1.807) is 0 Å². The summed E-state index contributed by atoms with van der Waals surface area (Å²) in [4.78, 5) is 22.4. The Kier molecular flexibility index (Phi) is 3.73. The smallest absolute Gasteiger partial charge is 0.352 e. The lowest BCUT2D eigenvalue weighted by Gasteiger charge is -2.28. The Hall–Kier alpha value is -1.43. The van der Waals surface area contributed by atoms with Crippen LogP contribution >= 0.6 is 0 Å². The van der Waals surface area contributed by atoms with Gasteiger partial charge in [-0.3, -0.25) is 4.79 Å². The lowest BCUT2D eigenvalue weighted by molar-refractivity contribution is -0.133. The summed E-state index contributed by atoms with van der Waals surface area (Å²) >= 11 is 0. The first-order valence-electron chi connectivity index (χ1n) is 5.85. The Morgan fingerprint density at radius 2 is 2.12 bits per heavy atom. The highest BCUT2D eigenvalue weighted by molar-refractivity contribution is 6.36. The van der Waals surface area contributed by atoms with Gasteiger partial charge >= 0.3 is 5.97 Å². The molecule has 0 aromatic heterocycles. The molecule has 0 atom stereocenters. The summed E-state index contributed by atoms with van der Waals surface area (Å²) in [5.41, 5.74) is 0.0802. The van der Waals surface area contributed by atoms with E-state index in [9.17, 15) is 9.59 Å². The van der Waals surface area contributed by atoms with Crippen molar-refractivity contribution in [3.8, 4) is 0 Å². The fourth-order valence-electron chi connectivity index (χ4n) is 2.07. The molecule has 0 saturated carbocycles. The van der Waals surface area contributed by atoms with Gasteiger partial charge in [0, 0.05) is 32.6 Å². The number of amides is 1. The van der Waals surface area contributed by atoms with Gasteiger partial charge in [0.1, 0.15) is 5.71 Å². The third kappa shape index (κ3) is 3.03. The monoisotopic (exact) mass is 240 g/mol. The number of hydrogen-bond acceptors (Lipinski definition) is 4. The predicted molar refractivity (Wildman–Crippen MR) is 59.6 cm³/mol. The van der Waals surface area contributed by atoms with Crippen LogP contribution in [-0.4, -0.2) is 47.5 Å². The quantitative estimate of drug-likeness (QED) is 0.778. The Labute approximate surface area is 99.2 Å². The van der Waals surface area contributed by atoms with E-state index in [4.69, 9.17) is 9.84 Å². The van der Waals surface area contributed by atoms with Gasteiger partial charge in [-0.25, -0.2) is 9.80 Å². The fraction of sp³-hybridized carbons (Fsp3) is 0.727. The number of nitrogens with zero attached hydrogens (tertiary/aromatic N) is 2. The fourth-order valence-corrected chi connectivity index (χ4v) is 2.07. The highest BCUT2D eigenvalue weighted by atomic mass is 16.5. The second kappa shape index (κ2) is 5.27. The van der Waals surface area contributed by atoms with E-state index >= 15 is 0 Å². The van der Waals surface area contributed by atoms with E-state index in [1.165, 1.54) is 5.01 Å². The Balaban J connectivity index is 1.99. The molecule has 2 aliphatic heterocycles. The maximum Gasteiger partial charge on any atom is 0.352 e. The number of rotatable bonds is 3. The molecule has 2 aliphatic rings. The van der Waals surface area contributed by atoms with Gasteiger partial charge in [-0.1, -0.05) is 0 Å². The Bertz CT molecular complexity index is 347. The lowest BCUT2D eigenvalue weighted by Crippen LogP contribution is -2.38. The van der Waals surface area contributed by atoms with Crippen LogP contribution in [0.2, 0.25) is 0 Å². The van der Waals surface area contributed by atoms with Gasteiger partial charge in [0.05, 0.1) is 0 Å². The van der Waals surface area contributed by atoms with Gasteiger partial charge < -0.3 is 9.84 Å². The number of carbonyl (C=O) groups is 2. The third-order valence-corrected chi connectivity index (χ3v) is 3.12. The molecule has 0 aromatic carbocycles. The summed E-state index contributed by atoms with van der Waals surface area (Å²) in [6.45, 7) is 1.93. The number of carboxylic acids is 1. The molecule has 1 fully saturated rings. The van der Waals surface area contributed by atoms with Gasteiger partial charge in [0.15, 0.2) is 0 Å². The zero-order valence-corrected chi connectivity index (χ0v) is 9.59. The standard InChI is InChI=1S/C11H16N2O4/c14-10-2-1-9(11(15)16)12-13(10)7-8-3-5-17-6-4-8/h8H,1-7H2,(H,15,16). The van der Waals surface area contributed by atoms with Crippen LogP contribution in [0.5, 0.6) is 0 Å². The third-order valence-electron chi connectivity index (χ3n) is 3.12. The number of hydrogen-bond donors (Lipinski definition) is 1. The largest absolute Gasteiger partial charge is 0.477 e. The van der Waals surface area contributed by atoms with E-state index in [1.807, 2.05) is 0 Å². The molecule has 0 aromatic rings. The molecule has 1 amide bonds. The van der Waals surface area contributed by atoms with Crippen molar-refractivity contribution in [3.63, 3.8) is 0 Å². The van der Waals surface area contributed by atoms with Crippen LogP contribution in [0.3, 0.4) is 0 Å². The van der Waals surface area contributed by atoms with E-state index in [0.29, 0.717) is 25.7 Å². The molecule has 0 spiro atoms. The SMILES string of the molecule is O=C(O)C1=NN(CC2CCOCC2)C(=O)CC1. The molecule has 0 aliphatic carbocycles. The average molecular weight is 240 g/mol. The first-order chi connectivity index (χ1) is 8.16. The molecule has 17 heavy (non-hydrogen) atoms. The summed E-state index contributed by atoms with van der Waals surface area (Å²) in [6.07, 6.45) is 2.29. The van der Waals surface area contributed by atoms with Crippen molar-refractivity contribution < 1.29 is 19.4 Å². The first-order valence-corrected chi connectivity index (χ1v) is 5.85. The molecule has 0 bridgehead atoms. The van der Waals surface area contributed by atoms with Crippen LogP contribution in [0.4, 0.5) is 0 Å². The van der Waals surface area contributed by atoms with Crippen LogP contribution in [0.25, 0.3) is 0 Å². The second-order valence-corrected chi connectivity index (χ2v) is 4.38. The van der Waals surface area contributed by atoms with Gasteiger partial charge in [-0.2, -0.15) is 5.10 Å². The summed E-state index contributed by atoms with van der Waals surface area (Å²) in [7, 11) is 0. The van der Waals surface area contributed by atoms with Crippen molar-refractivity contribution in [2.24, 2.45) is 11.0 Å². The van der Waals surface area contributed by atoms with Crippen LogP contribution in [-0.2, 0) is 14.3 Å². The summed E-state index contributed by atoms with van der Waals surface area (Å²) in [5, 5.41) is 14.1. The normalized spacial score (nSPS) is 22.5. The molecular formula is C11H16N2O4. The van der Waals surface area contributed by atoms with Crippen molar-refractivity contribution in [2.45, 2.75) is 25.7 Å². The van der Waals surface area contributed by atoms with Crippen LogP contribution in [0, 0.1) is 5.92 Å². The topological polar surface area (TPSA) is 79.2 Å². The van der Waals surface area contributed by atoms with Crippen molar-refractivity contribution in [3.05, 3.63) is 0 Å². The number of aliphatic carboxylic acids is 1. The second-order valence-electron chi connectivity index (χ2n) is 4.38. The Morgan fingerprint density at radius 1 is 1.41 bits per heavy atom. The molecule has 94 valence electrons. The number of carbonyl (C=O) groups excluding carboxylic acids is 1. The van der Waals surface area contributed by atoms with Crippen molar-refractivity contribution >= 4 is 17.6 Å². The zero-order chi connectivity index (χ0) is 12.3. The van der Waals surface area contributed by atoms with Gasteiger partial charge in [-0.05, 0) is 18.8 Å². The first kappa shape index (κ1) is 12.0. The van der Waals surface area contributed by atoms with E-state index in [-0.39, 0.29) is 24.5 Å². The number of carboxylic acid groups (broad SMARTS) is 1. The zero-order valence-electron chi connectivity index (χ0n) is 9.59. The number of hydrazone groups is 1. The minimum Gasteiger partial charge on any atom is -0.477 e. The summed E-state index contributed by atoms with van der Waals surface area (Å²) < 4.78 is 5.24. The molecule has 1 N–H and O–H groups in total.